The van der Waals surface area contributed by atoms with Crippen LogP contribution in [0.15, 0.2) is 4.99 Å². The fraction of sp³-hybridized carbons (Fsp3) is 0.909. The molecule has 0 aromatic heterocycles. The van der Waals surface area contributed by atoms with Crippen molar-refractivity contribution in [3.63, 3.8) is 0 Å². The van der Waals surface area contributed by atoms with E-state index in [1.165, 1.54) is 24.3 Å². The third kappa shape index (κ3) is 5.61. The zero-order valence-corrected chi connectivity index (χ0v) is 11.1. The molecule has 0 unspecified atom stereocenters. The van der Waals surface area contributed by atoms with E-state index in [2.05, 4.69) is 41.3 Å². The van der Waals surface area contributed by atoms with Crippen molar-refractivity contribution in [2.45, 2.75) is 26.7 Å². The lowest BCUT2D eigenvalue weighted by atomic mass is 10.0. The maximum absolute atomic E-state index is 5.43. The number of rotatable bonds is 4. The smallest absolute Gasteiger partial charge is 0.205 e. The van der Waals surface area contributed by atoms with Crippen molar-refractivity contribution >= 4 is 17.7 Å². The standard InChI is InChI=1S/C11H24N4S/c1-9(2)7-13-11(15-12)14-8-10-3-5-16-6-4-10/h9-10H,3-8,12H2,1-2H3,(H2,13,14,15). The Morgan fingerprint density at radius 2 is 2.12 bits per heavy atom. The molecular formula is C11H24N4S. The molecule has 0 aromatic carbocycles. The number of nitrogens with zero attached hydrogens (tertiary/aromatic N) is 1. The lowest BCUT2D eigenvalue weighted by Gasteiger charge is -2.22. The molecule has 0 amide bonds. The molecule has 0 radical (unpaired) electrons. The second-order valence-electron chi connectivity index (χ2n) is 4.66. The number of hydrogen-bond donors (Lipinski definition) is 3. The summed E-state index contributed by atoms with van der Waals surface area (Å²) in [6.45, 7) is 6.10. The van der Waals surface area contributed by atoms with Crippen LogP contribution >= 0.6 is 11.8 Å². The molecule has 94 valence electrons. The highest BCUT2D eigenvalue weighted by Gasteiger charge is 2.13. The third-order valence-corrected chi connectivity index (χ3v) is 3.70. The Morgan fingerprint density at radius 3 is 2.69 bits per heavy atom. The molecule has 1 rings (SSSR count). The van der Waals surface area contributed by atoms with E-state index >= 15 is 0 Å². The van der Waals surface area contributed by atoms with Gasteiger partial charge in [0.15, 0.2) is 0 Å². The lowest BCUT2D eigenvalue weighted by molar-refractivity contribution is 0.478. The van der Waals surface area contributed by atoms with Crippen LogP contribution in [0.3, 0.4) is 0 Å². The second kappa shape index (κ2) is 7.79. The summed E-state index contributed by atoms with van der Waals surface area (Å²) >= 11 is 2.05. The van der Waals surface area contributed by atoms with Crippen molar-refractivity contribution in [1.29, 1.82) is 0 Å². The van der Waals surface area contributed by atoms with Crippen molar-refractivity contribution in [1.82, 2.24) is 10.7 Å². The molecule has 1 fully saturated rings. The molecule has 16 heavy (non-hydrogen) atoms. The van der Waals surface area contributed by atoms with E-state index in [4.69, 9.17) is 5.84 Å². The second-order valence-corrected chi connectivity index (χ2v) is 5.89. The van der Waals surface area contributed by atoms with Crippen LogP contribution in [-0.2, 0) is 0 Å². The van der Waals surface area contributed by atoms with E-state index in [0.717, 1.165) is 25.0 Å². The zero-order valence-electron chi connectivity index (χ0n) is 10.3. The van der Waals surface area contributed by atoms with Gasteiger partial charge in [-0.05, 0) is 36.2 Å². The van der Waals surface area contributed by atoms with Crippen LogP contribution in [0.25, 0.3) is 0 Å². The van der Waals surface area contributed by atoms with Gasteiger partial charge in [-0.25, -0.2) is 5.84 Å². The normalized spacial score (nSPS) is 18.9. The van der Waals surface area contributed by atoms with Gasteiger partial charge in [-0.2, -0.15) is 11.8 Å². The summed E-state index contributed by atoms with van der Waals surface area (Å²) in [5, 5.41) is 3.30. The highest BCUT2D eigenvalue weighted by atomic mass is 32.2. The topological polar surface area (TPSA) is 62.4 Å². The quantitative estimate of drug-likeness (QED) is 0.301. The minimum absolute atomic E-state index is 0.566. The van der Waals surface area contributed by atoms with Gasteiger partial charge in [-0.1, -0.05) is 13.8 Å². The highest BCUT2D eigenvalue weighted by molar-refractivity contribution is 7.99. The fourth-order valence-electron chi connectivity index (χ4n) is 1.62. The van der Waals surface area contributed by atoms with Gasteiger partial charge in [-0.15, -0.1) is 0 Å². The van der Waals surface area contributed by atoms with E-state index in [0.29, 0.717) is 5.92 Å². The summed E-state index contributed by atoms with van der Waals surface area (Å²) in [4.78, 5) is 4.39. The lowest BCUT2D eigenvalue weighted by Crippen LogP contribution is -2.44. The zero-order chi connectivity index (χ0) is 11.8. The molecule has 4 N–H and O–H groups in total. The van der Waals surface area contributed by atoms with Crippen molar-refractivity contribution in [3.8, 4) is 0 Å². The molecule has 1 aliphatic heterocycles. The average Bonchev–Trinajstić information content (AvgIpc) is 2.30. The molecule has 0 saturated carbocycles. The molecule has 1 aliphatic rings. The number of hydrogen-bond acceptors (Lipinski definition) is 3. The fourth-order valence-corrected chi connectivity index (χ4v) is 2.82. The first-order chi connectivity index (χ1) is 7.72. The maximum Gasteiger partial charge on any atom is 0.205 e. The van der Waals surface area contributed by atoms with Gasteiger partial charge in [-0.3, -0.25) is 10.4 Å². The van der Waals surface area contributed by atoms with Crippen molar-refractivity contribution < 1.29 is 0 Å². The summed E-state index contributed by atoms with van der Waals surface area (Å²) < 4.78 is 0. The summed E-state index contributed by atoms with van der Waals surface area (Å²) in [6, 6.07) is 0. The Labute approximate surface area is 103 Å². The predicted molar refractivity (Wildman–Crippen MR) is 72.5 cm³/mol. The Balaban J connectivity index is 2.24. The van der Waals surface area contributed by atoms with Gasteiger partial charge < -0.3 is 5.32 Å². The van der Waals surface area contributed by atoms with Crippen LogP contribution in [0.4, 0.5) is 0 Å². The minimum atomic E-state index is 0.566. The number of aliphatic imine (C=N–C) groups is 1. The summed E-state index contributed by atoms with van der Waals surface area (Å²) in [6.07, 6.45) is 2.61. The van der Waals surface area contributed by atoms with E-state index in [1.54, 1.807) is 0 Å². The van der Waals surface area contributed by atoms with E-state index in [1.807, 2.05) is 0 Å². The summed E-state index contributed by atoms with van der Waals surface area (Å²) in [5.41, 5.74) is 2.63. The Morgan fingerprint density at radius 1 is 1.44 bits per heavy atom. The monoisotopic (exact) mass is 244 g/mol. The molecule has 5 heteroatoms. The van der Waals surface area contributed by atoms with E-state index in [9.17, 15) is 0 Å². The van der Waals surface area contributed by atoms with E-state index < -0.39 is 0 Å². The van der Waals surface area contributed by atoms with Gasteiger partial charge in [0.05, 0.1) is 0 Å². The van der Waals surface area contributed by atoms with Gasteiger partial charge >= 0.3 is 0 Å². The first kappa shape index (κ1) is 13.6. The van der Waals surface area contributed by atoms with Crippen LogP contribution in [0.1, 0.15) is 26.7 Å². The largest absolute Gasteiger partial charge is 0.355 e. The van der Waals surface area contributed by atoms with Crippen molar-refractivity contribution in [3.05, 3.63) is 0 Å². The molecule has 1 saturated heterocycles. The van der Waals surface area contributed by atoms with Crippen LogP contribution in [0, 0.1) is 11.8 Å². The molecule has 0 aliphatic carbocycles. The Hall–Kier alpha value is -0.420. The number of nitrogens with one attached hydrogen (secondary N) is 2. The third-order valence-electron chi connectivity index (χ3n) is 2.65. The first-order valence-corrected chi connectivity index (χ1v) is 7.20. The molecule has 0 spiro atoms. The predicted octanol–water partition coefficient (Wildman–Crippen LogP) is 1.19. The molecule has 0 atom stereocenters. The number of hydrazine groups is 1. The number of thioether (sulfide) groups is 1. The highest BCUT2D eigenvalue weighted by Crippen LogP contribution is 2.21. The van der Waals surface area contributed by atoms with Crippen molar-refractivity contribution in [2.24, 2.45) is 22.7 Å². The Kier molecular flexibility index (Phi) is 6.64. The molecule has 0 bridgehead atoms. The molecule has 1 heterocycles. The van der Waals surface area contributed by atoms with Crippen LogP contribution in [-0.4, -0.2) is 30.6 Å². The van der Waals surface area contributed by atoms with Gasteiger partial charge in [0.25, 0.3) is 0 Å². The minimum Gasteiger partial charge on any atom is -0.355 e. The van der Waals surface area contributed by atoms with Crippen LogP contribution in [0.5, 0.6) is 0 Å². The summed E-state index contributed by atoms with van der Waals surface area (Å²) in [7, 11) is 0. The van der Waals surface area contributed by atoms with Gasteiger partial charge in [0.1, 0.15) is 0 Å². The SMILES string of the molecule is CC(C)CN=C(NN)NCC1CCSCC1. The number of guanidine groups is 1. The van der Waals surface area contributed by atoms with Crippen LogP contribution in [0.2, 0.25) is 0 Å². The molecular weight excluding hydrogens is 220 g/mol. The van der Waals surface area contributed by atoms with Crippen LogP contribution < -0.4 is 16.6 Å². The molecule has 4 nitrogen and oxygen atoms in total. The average molecular weight is 244 g/mol. The van der Waals surface area contributed by atoms with Gasteiger partial charge in [0, 0.05) is 13.1 Å². The van der Waals surface area contributed by atoms with E-state index in [-0.39, 0.29) is 0 Å². The number of nitrogens with two attached hydrogens (primary N) is 1. The first-order valence-electron chi connectivity index (χ1n) is 6.05. The maximum atomic E-state index is 5.43. The van der Waals surface area contributed by atoms with Crippen molar-refractivity contribution in [2.75, 3.05) is 24.6 Å². The van der Waals surface area contributed by atoms with Gasteiger partial charge in [0.2, 0.25) is 5.96 Å². The summed E-state index contributed by atoms with van der Waals surface area (Å²) in [5.74, 6) is 10.1. The molecule has 0 aromatic rings. The Bertz CT molecular complexity index is 212.